The molecule has 0 aliphatic carbocycles. The van der Waals surface area contributed by atoms with E-state index < -0.39 is 0 Å². The zero-order chi connectivity index (χ0) is 15.8. The maximum atomic E-state index is 4.40. The molecule has 1 aromatic rings. The first-order valence-electron chi connectivity index (χ1n) is 8.46. The van der Waals surface area contributed by atoms with Gasteiger partial charge in [0.25, 0.3) is 0 Å². The molecule has 1 aliphatic heterocycles. The van der Waals surface area contributed by atoms with Gasteiger partial charge in [-0.3, -0.25) is 4.99 Å². The molecule has 1 N–H and O–H groups in total. The molecule has 130 valence electrons. The lowest BCUT2D eigenvalue weighted by Crippen LogP contribution is -2.41. The third-order valence-corrected chi connectivity index (χ3v) is 4.38. The van der Waals surface area contributed by atoms with E-state index >= 15 is 0 Å². The van der Waals surface area contributed by atoms with Crippen molar-refractivity contribution in [1.82, 2.24) is 10.2 Å². The Morgan fingerprint density at radius 1 is 1.35 bits per heavy atom. The summed E-state index contributed by atoms with van der Waals surface area (Å²) in [5.41, 5.74) is 1.34. The minimum absolute atomic E-state index is 0. The van der Waals surface area contributed by atoms with Gasteiger partial charge in [-0.25, -0.2) is 0 Å². The van der Waals surface area contributed by atoms with Gasteiger partial charge in [-0.15, -0.1) is 24.0 Å². The van der Waals surface area contributed by atoms with Crippen molar-refractivity contribution in [2.75, 3.05) is 45.2 Å². The predicted octanol–water partition coefficient (Wildman–Crippen LogP) is 3.44. The molecule has 23 heavy (non-hydrogen) atoms. The van der Waals surface area contributed by atoms with Gasteiger partial charge in [0.05, 0.1) is 0 Å². The van der Waals surface area contributed by atoms with Crippen molar-refractivity contribution in [1.29, 1.82) is 0 Å². The van der Waals surface area contributed by atoms with Crippen molar-refractivity contribution in [3.63, 3.8) is 0 Å². The van der Waals surface area contributed by atoms with E-state index in [0.717, 1.165) is 32.1 Å². The van der Waals surface area contributed by atoms with E-state index in [0.29, 0.717) is 5.92 Å². The third kappa shape index (κ3) is 6.20. The number of nitrogens with one attached hydrogen (secondary N) is 1. The fourth-order valence-electron chi connectivity index (χ4n) is 2.99. The van der Waals surface area contributed by atoms with Crippen LogP contribution in [-0.4, -0.2) is 51.1 Å². The monoisotopic (exact) mass is 430 g/mol. The summed E-state index contributed by atoms with van der Waals surface area (Å²) in [4.78, 5) is 9.11. The first-order chi connectivity index (χ1) is 10.7. The van der Waals surface area contributed by atoms with Crippen LogP contribution in [0.2, 0.25) is 0 Å². The Hall–Kier alpha value is -0.980. The molecule has 1 aliphatic rings. The molecule has 5 heteroatoms. The van der Waals surface area contributed by atoms with Crippen LogP contribution in [0.1, 0.15) is 26.2 Å². The highest BCUT2D eigenvalue weighted by Gasteiger charge is 2.22. The average Bonchev–Trinajstić information content (AvgIpc) is 3.03. The lowest BCUT2D eigenvalue weighted by Gasteiger charge is -2.23. The zero-order valence-electron chi connectivity index (χ0n) is 14.7. The van der Waals surface area contributed by atoms with Gasteiger partial charge >= 0.3 is 0 Å². The SMILES string of the molecule is CCCCN(C)C(=NC)NCC1CCN(c2ccccc2)C1.I. The van der Waals surface area contributed by atoms with Crippen LogP contribution < -0.4 is 10.2 Å². The van der Waals surface area contributed by atoms with Gasteiger partial charge in [0.2, 0.25) is 0 Å². The smallest absolute Gasteiger partial charge is 0.193 e. The van der Waals surface area contributed by atoms with Crippen molar-refractivity contribution in [2.24, 2.45) is 10.9 Å². The second kappa shape index (κ2) is 10.7. The number of anilines is 1. The second-order valence-corrected chi connectivity index (χ2v) is 6.14. The Morgan fingerprint density at radius 2 is 2.09 bits per heavy atom. The first kappa shape index (κ1) is 20.1. The molecule has 2 rings (SSSR count). The molecule has 1 atom stereocenters. The third-order valence-electron chi connectivity index (χ3n) is 4.38. The summed E-state index contributed by atoms with van der Waals surface area (Å²) >= 11 is 0. The van der Waals surface area contributed by atoms with Crippen molar-refractivity contribution < 1.29 is 0 Å². The summed E-state index contributed by atoms with van der Waals surface area (Å²) in [5.74, 6) is 1.71. The van der Waals surface area contributed by atoms with Crippen molar-refractivity contribution in [2.45, 2.75) is 26.2 Å². The van der Waals surface area contributed by atoms with Crippen LogP contribution in [-0.2, 0) is 0 Å². The zero-order valence-corrected chi connectivity index (χ0v) is 17.0. The van der Waals surface area contributed by atoms with Crippen molar-refractivity contribution in [3.8, 4) is 0 Å². The van der Waals surface area contributed by atoms with Crippen molar-refractivity contribution in [3.05, 3.63) is 30.3 Å². The van der Waals surface area contributed by atoms with Crippen LogP contribution in [0, 0.1) is 5.92 Å². The second-order valence-electron chi connectivity index (χ2n) is 6.14. The summed E-state index contributed by atoms with van der Waals surface area (Å²) in [6, 6.07) is 10.7. The van der Waals surface area contributed by atoms with Gasteiger partial charge < -0.3 is 15.1 Å². The molecule has 0 bridgehead atoms. The highest BCUT2D eigenvalue weighted by Crippen LogP contribution is 2.22. The maximum absolute atomic E-state index is 4.40. The summed E-state index contributed by atoms with van der Waals surface area (Å²) in [6.45, 7) is 6.58. The number of unbranched alkanes of at least 4 members (excludes halogenated alkanes) is 1. The first-order valence-corrected chi connectivity index (χ1v) is 8.46. The minimum Gasteiger partial charge on any atom is -0.371 e. The molecule has 1 saturated heterocycles. The fourth-order valence-corrected chi connectivity index (χ4v) is 2.99. The summed E-state index contributed by atoms with van der Waals surface area (Å²) in [6.07, 6.45) is 3.68. The molecule has 4 nitrogen and oxygen atoms in total. The predicted molar refractivity (Wildman–Crippen MR) is 111 cm³/mol. The number of guanidine groups is 1. The number of halogens is 1. The molecule has 0 saturated carbocycles. The molecule has 1 aromatic carbocycles. The molecule has 1 unspecified atom stereocenters. The quantitative estimate of drug-likeness (QED) is 0.426. The normalized spacial score (nSPS) is 17.8. The van der Waals surface area contributed by atoms with Crippen molar-refractivity contribution >= 4 is 35.6 Å². The van der Waals surface area contributed by atoms with Gasteiger partial charge in [0.15, 0.2) is 5.96 Å². The highest BCUT2D eigenvalue weighted by molar-refractivity contribution is 14.0. The number of para-hydroxylation sites is 1. The molecular weight excluding hydrogens is 399 g/mol. The van der Waals surface area contributed by atoms with Crippen LogP contribution in [0.25, 0.3) is 0 Å². The van der Waals surface area contributed by atoms with E-state index in [9.17, 15) is 0 Å². The number of hydrogen-bond donors (Lipinski definition) is 1. The fraction of sp³-hybridized carbons (Fsp3) is 0.611. The Kier molecular flexibility index (Phi) is 9.36. The summed E-state index contributed by atoms with van der Waals surface area (Å²) in [5, 5.41) is 3.54. The van der Waals surface area contributed by atoms with E-state index in [4.69, 9.17) is 0 Å². The van der Waals surface area contributed by atoms with Gasteiger partial charge in [-0.2, -0.15) is 0 Å². The van der Waals surface area contributed by atoms with E-state index in [2.05, 4.69) is 64.4 Å². The lowest BCUT2D eigenvalue weighted by atomic mass is 10.1. The molecule has 0 radical (unpaired) electrons. The average molecular weight is 430 g/mol. The van der Waals surface area contributed by atoms with Crippen LogP contribution in [0.5, 0.6) is 0 Å². The van der Waals surface area contributed by atoms with Crippen LogP contribution in [0.15, 0.2) is 35.3 Å². The Morgan fingerprint density at radius 3 is 2.74 bits per heavy atom. The number of nitrogens with zero attached hydrogens (tertiary/aromatic N) is 3. The maximum Gasteiger partial charge on any atom is 0.193 e. The van der Waals surface area contributed by atoms with Crippen LogP contribution in [0.3, 0.4) is 0 Å². The summed E-state index contributed by atoms with van der Waals surface area (Å²) in [7, 11) is 3.99. The van der Waals surface area contributed by atoms with Crippen LogP contribution in [0.4, 0.5) is 5.69 Å². The largest absolute Gasteiger partial charge is 0.371 e. The van der Waals surface area contributed by atoms with E-state index in [1.165, 1.54) is 24.9 Å². The number of hydrogen-bond acceptors (Lipinski definition) is 2. The highest BCUT2D eigenvalue weighted by atomic mass is 127. The molecule has 0 amide bonds. The van der Waals surface area contributed by atoms with E-state index in [-0.39, 0.29) is 24.0 Å². The van der Waals surface area contributed by atoms with Gasteiger partial charge in [0, 0.05) is 46.0 Å². The summed E-state index contributed by atoms with van der Waals surface area (Å²) < 4.78 is 0. The van der Waals surface area contributed by atoms with Gasteiger partial charge in [-0.1, -0.05) is 31.5 Å². The number of benzene rings is 1. The minimum atomic E-state index is 0. The Labute approximate surface area is 158 Å². The number of aliphatic imine (C=N–C) groups is 1. The number of rotatable bonds is 6. The van der Waals surface area contributed by atoms with Gasteiger partial charge in [-0.05, 0) is 30.9 Å². The molecule has 0 aromatic heterocycles. The molecular formula is C18H31IN4. The standard InChI is InChI=1S/C18H30N4.HI/c1-4-5-12-21(3)18(19-2)20-14-16-11-13-22(15-16)17-9-7-6-8-10-17;/h6-10,16H,4-5,11-15H2,1-3H3,(H,19,20);1H. The molecule has 1 heterocycles. The topological polar surface area (TPSA) is 30.9 Å². The Balaban J connectivity index is 0.00000264. The van der Waals surface area contributed by atoms with Crippen LogP contribution >= 0.6 is 24.0 Å². The Bertz CT molecular complexity index is 463. The van der Waals surface area contributed by atoms with Gasteiger partial charge in [0.1, 0.15) is 0 Å². The van der Waals surface area contributed by atoms with E-state index in [1.807, 2.05) is 7.05 Å². The molecule has 1 fully saturated rings. The molecule has 0 spiro atoms. The van der Waals surface area contributed by atoms with E-state index in [1.54, 1.807) is 0 Å². The lowest BCUT2D eigenvalue weighted by molar-refractivity contribution is 0.454.